The summed E-state index contributed by atoms with van der Waals surface area (Å²) >= 11 is 0. The van der Waals surface area contributed by atoms with Crippen molar-refractivity contribution < 1.29 is 19.8 Å². The minimum atomic E-state index is -1.17. The molecule has 0 saturated heterocycles. The van der Waals surface area contributed by atoms with Crippen LogP contribution in [0.2, 0.25) is 0 Å². The zero-order chi connectivity index (χ0) is 10.5. The lowest BCUT2D eigenvalue weighted by atomic mass is 10.0. The predicted octanol–water partition coefficient (Wildman–Crippen LogP) is -0.262. The van der Waals surface area contributed by atoms with E-state index in [1.807, 2.05) is 0 Å². The number of rotatable bonds is 5. The molecule has 0 fully saturated rings. The van der Waals surface area contributed by atoms with Crippen LogP contribution in [-0.2, 0) is 9.59 Å². The summed E-state index contributed by atoms with van der Waals surface area (Å²) in [6, 6.07) is 0. The molecule has 0 aliphatic rings. The van der Waals surface area contributed by atoms with E-state index < -0.39 is 23.8 Å². The molecule has 0 aromatic heterocycles. The van der Waals surface area contributed by atoms with Crippen LogP contribution < -0.4 is 5.32 Å². The molecule has 13 heavy (non-hydrogen) atoms. The van der Waals surface area contributed by atoms with Crippen molar-refractivity contribution in [2.24, 2.45) is 0 Å². The van der Waals surface area contributed by atoms with E-state index >= 15 is 0 Å². The number of nitrogens with one attached hydrogen (secondary N) is 1. The summed E-state index contributed by atoms with van der Waals surface area (Å²) in [5.41, 5.74) is -0.716. The Hall–Kier alpha value is -1.10. The Morgan fingerprint density at radius 3 is 2.31 bits per heavy atom. The molecule has 0 aromatic rings. The molecule has 1 atom stereocenters. The van der Waals surface area contributed by atoms with Crippen molar-refractivity contribution in [1.82, 2.24) is 5.32 Å². The van der Waals surface area contributed by atoms with Gasteiger partial charge in [0, 0.05) is 0 Å². The first-order chi connectivity index (χ1) is 5.93. The lowest BCUT2D eigenvalue weighted by molar-refractivity contribution is -0.141. The third-order valence-corrected chi connectivity index (χ3v) is 1.88. The van der Waals surface area contributed by atoms with Gasteiger partial charge in [-0.1, -0.05) is 6.92 Å². The number of aliphatic hydroxyl groups is 1. The van der Waals surface area contributed by atoms with Gasteiger partial charge in [-0.15, -0.1) is 0 Å². The fraction of sp³-hybridized carbons (Fsp3) is 0.750. The Balaban J connectivity index is 4.09. The van der Waals surface area contributed by atoms with Crippen LogP contribution in [0.15, 0.2) is 0 Å². The average Bonchev–Trinajstić information content (AvgIpc) is 2.02. The van der Waals surface area contributed by atoms with Crippen molar-refractivity contribution in [1.29, 1.82) is 0 Å². The first-order valence-corrected chi connectivity index (χ1v) is 4.07. The Morgan fingerprint density at radius 1 is 1.46 bits per heavy atom. The van der Waals surface area contributed by atoms with E-state index in [1.54, 1.807) is 13.8 Å². The molecule has 5 nitrogen and oxygen atoms in total. The summed E-state index contributed by atoms with van der Waals surface area (Å²) in [6.07, 6.45) is -0.00948. The smallest absolute Gasteiger partial charge is 0.312 e. The van der Waals surface area contributed by atoms with Crippen molar-refractivity contribution in [3.8, 4) is 0 Å². The first kappa shape index (κ1) is 11.9. The standard InChI is InChI=1S/C8H15NO4/c1-3-8(2,5-10)9-6(11)4-7(12)13/h10H,3-5H2,1-2H3,(H,9,11)(H,12,13). The molecule has 0 spiro atoms. The predicted molar refractivity (Wildman–Crippen MR) is 46.2 cm³/mol. The second-order valence-corrected chi connectivity index (χ2v) is 3.19. The Kier molecular flexibility index (Phi) is 4.40. The largest absolute Gasteiger partial charge is 0.481 e. The van der Waals surface area contributed by atoms with Gasteiger partial charge in [0.15, 0.2) is 0 Å². The fourth-order valence-corrected chi connectivity index (χ4v) is 0.758. The molecular weight excluding hydrogens is 174 g/mol. The van der Waals surface area contributed by atoms with Crippen LogP contribution in [0.3, 0.4) is 0 Å². The number of carboxylic acids is 1. The number of carbonyl (C=O) groups excluding carboxylic acids is 1. The molecule has 1 amide bonds. The molecule has 76 valence electrons. The van der Waals surface area contributed by atoms with E-state index in [-0.39, 0.29) is 6.61 Å². The monoisotopic (exact) mass is 189 g/mol. The number of hydrogen-bond donors (Lipinski definition) is 3. The number of carboxylic acid groups (broad SMARTS) is 1. The Bertz CT molecular complexity index is 198. The van der Waals surface area contributed by atoms with E-state index in [4.69, 9.17) is 10.2 Å². The lowest BCUT2D eigenvalue weighted by Gasteiger charge is -2.26. The van der Waals surface area contributed by atoms with Crippen LogP contribution in [-0.4, -0.2) is 34.2 Å². The third-order valence-electron chi connectivity index (χ3n) is 1.88. The Morgan fingerprint density at radius 2 is 2.00 bits per heavy atom. The summed E-state index contributed by atoms with van der Waals surface area (Å²) in [5.74, 6) is -1.75. The van der Waals surface area contributed by atoms with Gasteiger partial charge in [0.05, 0.1) is 12.1 Å². The van der Waals surface area contributed by atoms with E-state index in [0.717, 1.165) is 0 Å². The van der Waals surface area contributed by atoms with Crippen LogP contribution >= 0.6 is 0 Å². The molecule has 3 N–H and O–H groups in total. The van der Waals surface area contributed by atoms with Crippen LogP contribution in [0.4, 0.5) is 0 Å². The molecule has 0 rings (SSSR count). The van der Waals surface area contributed by atoms with Gasteiger partial charge < -0.3 is 15.5 Å². The van der Waals surface area contributed by atoms with Crippen LogP contribution in [0.25, 0.3) is 0 Å². The molecule has 1 unspecified atom stereocenters. The quantitative estimate of drug-likeness (QED) is 0.520. The number of amides is 1. The van der Waals surface area contributed by atoms with Gasteiger partial charge in [-0.2, -0.15) is 0 Å². The number of aliphatic carboxylic acids is 1. The highest BCUT2D eigenvalue weighted by Gasteiger charge is 2.23. The van der Waals surface area contributed by atoms with Crippen molar-refractivity contribution in [3.63, 3.8) is 0 Å². The maximum Gasteiger partial charge on any atom is 0.312 e. The topological polar surface area (TPSA) is 86.6 Å². The van der Waals surface area contributed by atoms with Gasteiger partial charge in [0.25, 0.3) is 0 Å². The first-order valence-electron chi connectivity index (χ1n) is 4.07. The normalized spacial score (nSPS) is 14.7. The molecule has 0 aliphatic carbocycles. The molecule has 0 heterocycles. The number of aliphatic hydroxyl groups excluding tert-OH is 1. The minimum absolute atomic E-state index is 0.200. The molecule has 0 saturated carbocycles. The zero-order valence-corrected chi connectivity index (χ0v) is 7.83. The zero-order valence-electron chi connectivity index (χ0n) is 7.83. The maximum atomic E-state index is 11.0. The SMILES string of the molecule is CCC(C)(CO)NC(=O)CC(=O)O. The van der Waals surface area contributed by atoms with E-state index in [9.17, 15) is 9.59 Å². The highest BCUT2D eigenvalue weighted by molar-refractivity contribution is 5.93. The third kappa shape index (κ3) is 4.47. The fourth-order valence-electron chi connectivity index (χ4n) is 0.758. The molecule has 0 radical (unpaired) electrons. The van der Waals surface area contributed by atoms with E-state index in [0.29, 0.717) is 6.42 Å². The van der Waals surface area contributed by atoms with Gasteiger partial charge in [-0.3, -0.25) is 9.59 Å². The van der Waals surface area contributed by atoms with Gasteiger partial charge in [-0.05, 0) is 13.3 Å². The van der Waals surface area contributed by atoms with Crippen LogP contribution in [0.5, 0.6) is 0 Å². The van der Waals surface area contributed by atoms with Crippen molar-refractivity contribution in [2.45, 2.75) is 32.2 Å². The van der Waals surface area contributed by atoms with Crippen LogP contribution in [0.1, 0.15) is 26.7 Å². The van der Waals surface area contributed by atoms with Gasteiger partial charge in [0.2, 0.25) is 5.91 Å². The second-order valence-electron chi connectivity index (χ2n) is 3.19. The summed E-state index contributed by atoms with van der Waals surface area (Å²) in [5, 5.41) is 19.7. The number of hydrogen-bond acceptors (Lipinski definition) is 3. The van der Waals surface area contributed by atoms with Crippen LogP contribution in [0, 0.1) is 0 Å². The summed E-state index contributed by atoms with van der Waals surface area (Å²) in [7, 11) is 0. The van der Waals surface area contributed by atoms with Gasteiger partial charge >= 0.3 is 5.97 Å². The van der Waals surface area contributed by atoms with Crippen molar-refractivity contribution in [2.75, 3.05) is 6.61 Å². The lowest BCUT2D eigenvalue weighted by Crippen LogP contribution is -2.48. The second kappa shape index (κ2) is 4.81. The molecule has 0 aliphatic heterocycles. The highest BCUT2D eigenvalue weighted by atomic mass is 16.4. The molecular formula is C8H15NO4. The van der Waals surface area contributed by atoms with Crippen molar-refractivity contribution >= 4 is 11.9 Å². The molecule has 5 heteroatoms. The highest BCUT2D eigenvalue weighted by Crippen LogP contribution is 2.07. The maximum absolute atomic E-state index is 11.0. The summed E-state index contributed by atoms with van der Waals surface area (Å²) < 4.78 is 0. The van der Waals surface area contributed by atoms with E-state index in [1.165, 1.54) is 0 Å². The van der Waals surface area contributed by atoms with Gasteiger partial charge in [0.1, 0.15) is 6.42 Å². The average molecular weight is 189 g/mol. The van der Waals surface area contributed by atoms with Gasteiger partial charge in [-0.25, -0.2) is 0 Å². The van der Waals surface area contributed by atoms with Crippen molar-refractivity contribution in [3.05, 3.63) is 0 Å². The molecule has 0 aromatic carbocycles. The summed E-state index contributed by atoms with van der Waals surface area (Å²) in [6.45, 7) is 3.26. The summed E-state index contributed by atoms with van der Waals surface area (Å²) in [4.78, 5) is 21.1. The minimum Gasteiger partial charge on any atom is -0.481 e. The number of carbonyl (C=O) groups is 2. The van der Waals surface area contributed by atoms with E-state index in [2.05, 4.69) is 5.32 Å². The Labute approximate surface area is 76.8 Å². The molecule has 0 bridgehead atoms.